The van der Waals surface area contributed by atoms with Crippen LogP contribution in [0.1, 0.15) is 38.2 Å². The molecule has 1 aromatic carbocycles. The molecule has 0 aliphatic carbocycles. The smallest absolute Gasteiger partial charge is 0.422 e. The lowest BCUT2D eigenvalue weighted by Gasteiger charge is -2.14. The van der Waals surface area contributed by atoms with E-state index in [1.807, 2.05) is 0 Å². The highest BCUT2D eigenvalue weighted by Gasteiger charge is 2.42. The summed E-state index contributed by atoms with van der Waals surface area (Å²) in [6.07, 6.45) is -5.81. The van der Waals surface area contributed by atoms with Crippen LogP contribution in [0.2, 0.25) is 0 Å². The van der Waals surface area contributed by atoms with Crippen LogP contribution >= 0.6 is 0 Å². The first kappa shape index (κ1) is 21.7. The van der Waals surface area contributed by atoms with Crippen molar-refractivity contribution in [3.8, 4) is 0 Å². The van der Waals surface area contributed by atoms with E-state index in [2.05, 4.69) is 4.74 Å². The van der Waals surface area contributed by atoms with Crippen molar-refractivity contribution in [3.63, 3.8) is 0 Å². The van der Waals surface area contributed by atoms with Crippen molar-refractivity contribution in [2.45, 2.75) is 38.8 Å². The molecular formula is C15H14F7NO3. The highest BCUT2D eigenvalue weighted by Crippen LogP contribution is 2.38. The molecule has 1 amide bonds. The number of rotatable bonds is 7. The van der Waals surface area contributed by atoms with Crippen LogP contribution in [0.15, 0.2) is 0 Å². The molecule has 0 atom stereocenters. The van der Waals surface area contributed by atoms with Crippen LogP contribution in [0, 0.1) is 23.3 Å². The van der Waals surface area contributed by atoms with Crippen LogP contribution in [-0.2, 0) is 20.5 Å². The molecule has 1 N–H and O–H groups in total. The molecule has 1 rings (SSSR count). The number of hydrogen-bond donors (Lipinski definition) is 1. The van der Waals surface area contributed by atoms with E-state index in [0.717, 1.165) is 0 Å². The van der Waals surface area contributed by atoms with Gasteiger partial charge in [-0.25, -0.2) is 17.6 Å². The van der Waals surface area contributed by atoms with Gasteiger partial charge in [0.2, 0.25) is 5.91 Å². The molecule has 0 spiro atoms. The molecule has 0 fully saturated rings. The highest BCUT2D eigenvalue weighted by molar-refractivity contribution is 5.91. The van der Waals surface area contributed by atoms with Gasteiger partial charge >= 0.3 is 12.1 Å². The first-order valence-electron chi connectivity index (χ1n) is 7.39. The van der Waals surface area contributed by atoms with E-state index in [1.54, 1.807) is 6.92 Å². The molecule has 0 saturated carbocycles. The maximum atomic E-state index is 13.6. The Balaban J connectivity index is 2.82. The Morgan fingerprint density at radius 2 is 1.42 bits per heavy atom. The van der Waals surface area contributed by atoms with Crippen molar-refractivity contribution in [3.05, 3.63) is 28.8 Å². The summed E-state index contributed by atoms with van der Waals surface area (Å²) in [4.78, 5) is 22.6. The van der Waals surface area contributed by atoms with Crippen LogP contribution in [-0.4, -0.2) is 18.5 Å². The van der Waals surface area contributed by atoms with E-state index in [0.29, 0.717) is 0 Å². The molecular weight excluding hydrogens is 375 g/mol. The van der Waals surface area contributed by atoms with E-state index < -0.39 is 52.6 Å². The van der Waals surface area contributed by atoms with Crippen molar-refractivity contribution in [2.75, 3.05) is 11.9 Å². The second-order valence-electron chi connectivity index (χ2n) is 5.06. The number of amides is 1. The van der Waals surface area contributed by atoms with Crippen molar-refractivity contribution >= 4 is 17.6 Å². The predicted octanol–water partition coefficient (Wildman–Crippen LogP) is 4.32. The fourth-order valence-electron chi connectivity index (χ4n) is 1.98. The Labute approximate surface area is 143 Å². The van der Waals surface area contributed by atoms with E-state index in [9.17, 15) is 40.3 Å². The monoisotopic (exact) mass is 389 g/mol. The van der Waals surface area contributed by atoms with E-state index in [4.69, 9.17) is 0 Å². The fraction of sp³-hybridized carbons (Fsp3) is 0.467. The number of alkyl halides is 3. The van der Waals surface area contributed by atoms with Gasteiger partial charge in [-0.1, -0.05) is 0 Å². The van der Waals surface area contributed by atoms with Gasteiger partial charge in [0.15, 0.2) is 23.3 Å². The molecule has 0 radical (unpaired) electrons. The molecule has 0 aromatic heterocycles. The van der Waals surface area contributed by atoms with Crippen LogP contribution in [0.5, 0.6) is 0 Å². The van der Waals surface area contributed by atoms with Crippen molar-refractivity contribution in [2.24, 2.45) is 0 Å². The summed E-state index contributed by atoms with van der Waals surface area (Å²) in [6, 6.07) is 0. The Morgan fingerprint density at radius 1 is 0.923 bits per heavy atom. The van der Waals surface area contributed by atoms with Gasteiger partial charge < -0.3 is 10.1 Å². The van der Waals surface area contributed by atoms with E-state index in [-0.39, 0.29) is 32.3 Å². The Hall–Kier alpha value is -2.33. The predicted molar refractivity (Wildman–Crippen MR) is 75.0 cm³/mol. The van der Waals surface area contributed by atoms with Crippen LogP contribution in [0.25, 0.3) is 0 Å². The molecule has 0 heterocycles. The minimum atomic E-state index is -5.66. The minimum absolute atomic E-state index is 0.0205. The van der Waals surface area contributed by atoms with Crippen LogP contribution < -0.4 is 5.32 Å². The molecule has 1 aromatic rings. The van der Waals surface area contributed by atoms with E-state index >= 15 is 0 Å². The summed E-state index contributed by atoms with van der Waals surface area (Å²) in [7, 11) is 0. The van der Waals surface area contributed by atoms with Gasteiger partial charge in [0.1, 0.15) is 11.3 Å². The van der Waals surface area contributed by atoms with Crippen molar-refractivity contribution in [1.82, 2.24) is 0 Å². The number of carbonyl (C=O) groups is 2. The third-order valence-electron chi connectivity index (χ3n) is 3.15. The summed E-state index contributed by atoms with van der Waals surface area (Å²) in [5.74, 6) is -11.7. The fourth-order valence-corrected chi connectivity index (χ4v) is 1.98. The summed E-state index contributed by atoms with van der Waals surface area (Å²) in [5, 5.41) is 1.50. The number of halogens is 7. The van der Waals surface area contributed by atoms with Gasteiger partial charge in [0.25, 0.3) is 0 Å². The molecule has 0 aliphatic rings. The minimum Gasteiger partial charge on any atom is -0.466 e. The molecule has 0 saturated heterocycles. The third-order valence-corrected chi connectivity index (χ3v) is 3.15. The average molecular weight is 389 g/mol. The Bertz CT molecular complexity index is 660. The first-order chi connectivity index (χ1) is 12.0. The second-order valence-corrected chi connectivity index (χ2v) is 5.06. The number of nitrogens with one attached hydrogen (secondary N) is 1. The molecule has 26 heavy (non-hydrogen) atoms. The lowest BCUT2D eigenvalue weighted by Crippen LogP contribution is -2.20. The van der Waals surface area contributed by atoms with Crippen LogP contribution in [0.3, 0.4) is 0 Å². The zero-order valence-corrected chi connectivity index (χ0v) is 13.4. The first-order valence-corrected chi connectivity index (χ1v) is 7.39. The number of hydrogen-bond acceptors (Lipinski definition) is 3. The number of carbonyl (C=O) groups excluding carboxylic acids is 2. The summed E-state index contributed by atoms with van der Waals surface area (Å²) in [5.41, 5.74) is -4.37. The highest BCUT2D eigenvalue weighted by atomic mass is 19.4. The largest absolute Gasteiger partial charge is 0.466 e. The van der Waals surface area contributed by atoms with Gasteiger partial charge in [-0.3, -0.25) is 9.59 Å². The molecule has 11 heteroatoms. The summed E-state index contributed by atoms with van der Waals surface area (Å²) < 4.78 is 96.0. The quantitative estimate of drug-likeness (QED) is 0.327. The molecule has 0 unspecified atom stereocenters. The topological polar surface area (TPSA) is 55.4 Å². The molecule has 0 aliphatic heterocycles. The SMILES string of the molecule is CCOC(=O)CCCCC(=O)Nc1c(F)c(F)c(C(F)(F)F)c(F)c1F. The summed E-state index contributed by atoms with van der Waals surface area (Å²) >= 11 is 0. The summed E-state index contributed by atoms with van der Waals surface area (Å²) in [6.45, 7) is 1.76. The number of ether oxygens (including phenoxy) is 1. The van der Waals surface area contributed by atoms with Gasteiger partial charge in [0, 0.05) is 12.8 Å². The van der Waals surface area contributed by atoms with Crippen LogP contribution in [0.4, 0.5) is 36.4 Å². The maximum absolute atomic E-state index is 13.6. The maximum Gasteiger partial charge on any atom is 0.422 e. The number of unbranched alkanes of at least 4 members (excludes halogenated alkanes) is 1. The Kier molecular flexibility index (Phi) is 7.40. The lowest BCUT2D eigenvalue weighted by atomic mass is 10.1. The number of anilines is 1. The Morgan fingerprint density at radius 3 is 1.88 bits per heavy atom. The van der Waals surface area contributed by atoms with Gasteiger partial charge in [0.05, 0.1) is 6.61 Å². The van der Waals surface area contributed by atoms with Crippen molar-refractivity contribution in [1.29, 1.82) is 0 Å². The normalized spacial score (nSPS) is 11.4. The molecule has 0 bridgehead atoms. The zero-order valence-electron chi connectivity index (χ0n) is 13.4. The van der Waals surface area contributed by atoms with Gasteiger partial charge in [-0.2, -0.15) is 13.2 Å². The third kappa shape index (κ3) is 5.33. The van der Waals surface area contributed by atoms with Gasteiger partial charge in [-0.05, 0) is 19.8 Å². The standard InChI is InChI=1S/C15H14F7NO3/c1-2-26-8(25)6-4-3-5-7(24)23-14-12(18)10(16)9(15(20,21)22)11(17)13(14)19/h2-6H2,1H3,(H,23,24). The van der Waals surface area contributed by atoms with Gasteiger partial charge in [-0.15, -0.1) is 0 Å². The van der Waals surface area contributed by atoms with E-state index in [1.165, 1.54) is 5.32 Å². The second kappa shape index (κ2) is 8.86. The number of benzene rings is 1. The molecule has 4 nitrogen and oxygen atoms in total. The average Bonchev–Trinajstić information content (AvgIpc) is 2.53. The zero-order chi connectivity index (χ0) is 20.1. The van der Waals surface area contributed by atoms with Crippen molar-refractivity contribution < 1.29 is 45.1 Å². The molecule has 146 valence electrons. The number of esters is 1. The lowest BCUT2D eigenvalue weighted by molar-refractivity contribution is -0.144.